The Morgan fingerprint density at radius 2 is 2.15 bits per heavy atom. The molecule has 1 unspecified atom stereocenters. The van der Waals surface area contributed by atoms with E-state index in [0.29, 0.717) is 24.2 Å². The number of halogens is 1. The number of carbonyl (C=O) groups is 1. The van der Waals surface area contributed by atoms with E-state index in [0.717, 1.165) is 18.7 Å². The third-order valence-corrected chi connectivity index (χ3v) is 3.94. The summed E-state index contributed by atoms with van der Waals surface area (Å²) in [5, 5.41) is 6.87. The van der Waals surface area contributed by atoms with Crippen LogP contribution < -0.4 is 10.6 Å². The second-order valence-electron chi connectivity index (χ2n) is 5.23. The fourth-order valence-corrected chi connectivity index (χ4v) is 2.74. The number of likely N-dealkylation sites (N-methyl/N-ethyl adjacent to an activating group) is 1. The summed E-state index contributed by atoms with van der Waals surface area (Å²) in [6.45, 7) is 3.01. The van der Waals surface area contributed by atoms with E-state index in [9.17, 15) is 4.79 Å². The first kappa shape index (κ1) is 15.3. The Bertz CT molecular complexity index is 435. The van der Waals surface area contributed by atoms with Crippen molar-refractivity contribution in [3.8, 4) is 0 Å². The molecule has 2 rings (SSSR count). The number of rotatable bonds is 6. The molecule has 1 aliphatic heterocycles. The summed E-state index contributed by atoms with van der Waals surface area (Å²) in [5.41, 5.74) is 1.07. The molecule has 0 bridgehead atoms. The van der Waals surface area contributed by atoms with E-state index in [-0.39, 0.29) is 5.91 Å². The molecule has 1 atom stereocenters. The number of amides is 1. The van der Waals surface area contributed by atoms with Crippen LogP contribution in [0.25, 0.3) is 0 Å². The Balaban J connectivity index is 1.76. The third-order valence-electron chi connectivity index (χ3n) is 3.69. The van der Waals surface area contributed by atoms with Gasteiger partial charge in [-0.1, -0.05) is 23.7 Å². The van der Waals surface area contributed by atoms with Gasteiger partial charge in [-0.2, -0.15) is 0 Å². The molecule has 2 N–H and O–H groups in total. The first-order chi connectivity index (χ1) is 9.69. The van der Waals surface area contributed by atoms with Crippen LogP contribution in [0.1, 0.15) is 18.4 Å². The molecule has 20 heavy (non-hydrogen) atoms. The molecule has 1 aromatic rings. The lowest BCUT2D eigenvalue weighted by Gasteiger charge is -2.23. The molecule has 1 saturated heterocycles. The lowest BCUT2D eigenvalue weighted by molar-refractivity contribution is -0.122. The van der Waals surface area contributed by atoms with Crippen LogP contribution in [0.5, 0.6) is 0 Å². The van der Waals surface area contributed by atoms with Crippen LogP contribution >= 0.6 is 11.6 Å². The van der Waals surface area contributed by atoms with Crippen molar-refractivity contribution >= 4 is 17.5 Å². The van der Waals surface area contributed by atoms with Crippen LogP contribution in [0.2, 0.25) is 5.02 Å². The standard InChI is InChI=1S/C15H22ClN3O/c1-17-10-14-3-2-8-19(14)11-15(20)18-9-12-4-6-13(16)7-5-12/h4-7,14,17H,2-3,8-11H2,1H3,(H,18,20). The van der Waals surface area contributed by atoms with Gasteiger partial charge in [-0.3, -0.25) is 9.69 Å². The normalized spacial score (nSPS) is 19.2. The predicted octanol–water partition coefficient (Wildman–Crippen LogP) is 1.64. The van der Waals surface area contributed by atoms with E-state index >= 15 is 0 Å². The number of likely N-dealkylation sites (tertiary alicyclic amines) is 1. The number of benzene rings is 1. The second kappa shape index (κ2) is 7.62. The largest absolute Gasteiger partial charge is 0.351 e. The van der Waals surface area contributed by atoms with E-state index in [2.05, 4.69) is 15.5 Å². The molecular formula is C15H22ClN3O. The number of carbonyl (C=O) groups excluding carboxylic acids is 1. The van der Waals surface area contributed by atoms with Gasteiger partial charge in [-0.25, -0.2) is 0 Å². The third kappa shape index (κ3) is 4.47. The van der Waals surface area contributed by atoms with Crippen LogP contribution in [0.3, 0.4) is 0 Å². The fraction of sp³-hybridized carbons (Fsp3) is 0.533. The van der Waals surface area contributed by atoms with Crippen LogP contribution in [0, 0.1) is 0 Å². The van der Waals surface area contributed by atoms with Crippen LogP contribution in [0.15, 0.2) is 24.3 Å². The SMILES string of the molecule is CNCC1CCCN1CC(=O)NCc1ccc(Cl)cc1. The van der Waals surface area contributed by atoms with Crippen LogP contribution in [0.4, 0.5) is 0 Å². The molecule has 0 saturated carbocycles. The summed E-state index contributed by atoms with van der Waals surface area (Å²) in [4.78, 5) is 14.2. The number of hydrogen-bond acceptors (Lipinski definition) is 3. The molecule has 1 heterocycles. The number of hydrogen-bond donors (Lipinski definition) is 2. The Morgan fingerprint density at radius 1 is 1.40 bits per heavy atom. The zero-order chi connectivity index (χ0) is 14.4. The van der Waals surface area contributed by atoms with Crippen molar-refractivity contribution in [2.24, 2.45) is 0 Å². The maximum Gasteiger partial charge on any atom is 0.234 e. The summed E-state index contributed by atoms with van der Waals surface area (Å²) < 4.78 is 0. The van der Waals surface area contributed by atoms with E-state index in [1.807, 2.05) is 31.3 Å². The van der Waals surface area contributed by atoms with Gasteiger partial charge < -0.3 is 10.6 Å². The quantitative estimate of drug-likeness (QED) is 0.839. The van der Waals surface area contributed by atoms with Gasteiger partial charge in [0.25, 0.3) is 0 Å². The summed E-state index contributed by atoms with van der Waals surface area (Å²) >= 11 is 5.83. The summed E-state index contributed by atoms with van der Waals surface area (Å²) in [5.74, 6) is 0.0861. The summed E-state index contributed by atoms with van der Waals surface area (Å²) in [7, 11) is 1.96. The van der Waals surface area contributed by atoms with Gasteiger partial charge in [-0.15, -0.1) is 0 Å². The molecule has 0 aromatic heterocycles. The highest BCUT2D eigenvalue weighted by Gasteiger charge is 2.25. The highest BCUT2D eigenvalue weighted by Crippen LogP contribution is 2.15. The maximum atomic E-state index is 12.0. The van der Waals surface area contributed by atoms with Crippen molar-refractivity contribution in [2.45, 2.75) is 25.4 Å². The lowest BCUT2D eigenvalue weighted by Crippen LogP contribution is -2.43. The minimum absolute atomic E-state index is 0.0861. The van der Waals surface area contributed by atoms with Gasteiger partial charge in [0, 0.05) is 24.2 Å². The average Bonchev–Trinajstić information content (AvgIpc) is 2.86. The fourth-order valence-electron chi connectivity index (χ4n) is 2.61. The highest BCUT2D eigenvalue weighted by molar-refractivity contribution is 6.30. The molecule has 0 aliphatic carbocycles. The van der Waals surface area contributed by atoms with Crippen molar-refractivity contribution in [3.63, 3.8) is 0 Å². The minimum atomic E-state index is 0.0861. The van der Waals surface area contributed by atoms with Gasteiger partial charge >= 0.3 is 0 Å². The molecule has 5 heteroatoms. The molecule has 4 nitrogen and oxygen atoms in total. The molecule has 0 radical (unpaired) electrons. The minimum Gasteiger partial charge on any atom is -0.351 e. The van der Waals surface area contributed by atoms with Gasteiger partial charge in [0.1, 0.15) is 0 Å². The monoisotopic (exact) mass is 295 g/mol. The van der Waals surface area contributed by atoms with E-state index in [4.69, 9.17) is 11.6 Å². The molecular weight excluding hydrogens is 274 g/mol. The first-order valence-electron chi connectivity index (χ1n) is 7.09. The molecule has 1 aromatic carbocycles. The van der Waals surface area contributed by atoms with E-state index < -0.39 is 0 Å². The van der Waals surface area contributed by atoms with Crippen molar-refractivity contribution in [3.05, 3.63) is 34.9 Å². The Hall–Kier alpha value is -1.10. The first-order valence-corrected chi connectivity index (χ1v) is 7.46. The predicted molar refractivity (Wildman–Crippen MR) is 81.8 cm³/mol. The van der Waals surface area contributed by atoms with Crippen molar-refractivity contribution in [1.29, 1.82) is 0 Å². The van der Waals surface area contributed by atoms with Gasteiger partial charge in [0.2, 0.25) is 5.91 Å². The molecule has 1 fully saturated rings. The average molecular weight is 296 g/mol. The Kier molecular flexibility index (Phi) is 5.83. The summed E-state index contributed by atoms with van der Waals surface area (Å²) in [6, 6.07) is 8.03. The van der Waals surface area contributed by atoms with Gasteiger partial charge in [-0.05, 0) is 44.1 Å². The van der Waals surface area contributed by atoms with Crippen LogP contribution in [-0.4, -0.2) is 43.5 Å². The summed E-state index contributed by atoms with van der Waals surface area (Å²) in [6.07, 6.45) is 2.35. The highest BCUT2D eigenvalue weighted by atomic mass is 35.5. The van der Waals surface area contributed by atoms with Crippen molar-refractivity contribution < 1.29 is 4.79 Å². The van der Waals surface area contributed by atoms with Crippen molar-refractivity contribution in [1.82, 2.24) is 15.5 Å². The number of nitrogens with one attached hydrogen (secondary N) is 2. The van der Waals surface area contributed by atoms with E-state index in [1.54, 1.807) is 0 Å². The number of nitrogens with zero attached hydrogens (tertiary/aromatic N) is 1. The molecule has 1 amide bonds. The zero-order valence-electron chi connectivity index (χ0n) is 11.9. The zero-order valence-corrected chi connectivity index (χ0v) is 12.6. The Labute approximate surface area is 125 Å². The Morgan fingerprint density at radius 3 is 2.85 bits per heavy atom. The van der Waals surface area contributed by atoms with Gasteiger partial charge in [0.15, 0.2) is 0 Å². The molecule has 0 spiro atoms. The molecule has 110 valence electrons. The second-order valence-corrected chi connectivity index (χ2v) is 5.66. The maximum absolute atomic E-state index is 12.0. The lowest BCUT2D eigenvalue weighted by atomic mass is 10.2. The van der Waals surface area contributed by atoms with Crippen LogP contribution in [-0.2, 0) is 11.3 Å². The smallest absolute Gasteiger partial charge is 0.234 e. The topological polar surface area (TPSA) is 44.4 Å². The van der Waals surface area contributed by atoms with Crippen molar-refractivity contribution in [2.75, 3.05) is 26.7 Å². The van der Waals surface area contributed by atoms with Gasteiger partial charge in [0.05, 0.1) is 6.54 Å². The van der Waals surface area contributed by atoms with E-state index in [1.165, 1.54) is 12.8 Å². The molecule has 1 aliphatic rings.